The number of allylic oxidation sites excluding steroid dienone is 1. The van der Waals surface area contributed by atoms with E-state index < -0.39 is 24.2 Å². The molecule has 0 atom stereocenters. The van der Waals surface area contributed by atoms with Crippen LogP contribution in [0.15, 0.2) is 78.9 Å². The third-order valence-electron chi connectivity index (χ3n) is 6.04. The number of anilines is 1. The van der Waals surface area contributed by atoms with Crippen molar-refractivity contribution >= 4 is 63.2 Å². The van der Waals surface area contributed by atoms with Crippen molar-refractivity contribution in [1.82, 2.24) is 0 Å². The van der Waals surface area contributed by atoms with Crippen LogP contribution in [0.4, 0.5) is 5.00 Å². The van der Waals surface area contributed by atoms with Crippen LogP contribution in [0.25, 0.3) is 6.08 Å². The van der Waals surface area contributed by atoms with Crippen molar-refractivity contribution in [3.63, 3.8) is 0 Å². The number of imide groups is 1. The zero-order valence-electron chi connectivity index (χ0n) is 19.3. The van der Waals surface area contributed by atoms with Gasteiger partial charge in [-0.2, -0.15) is 0 Å². The van der Waals surface area contributed by atoms with Gasteiger partial charge in [-0.05, 0) is 66.6 Å². The normalized spacial score (nSPS) is 13.0. The van der Waals surface area contributed by atoms with Gasteiger partial charge in [0.2, 0.25) is 0 Å². The third-order valence-corrected chi connectivity index (χ3v) is 7.73. The Bertz CT molecular complexity index is 1520. The van der Waals surface area contributed by atoms with Gasteiger partial charge in [-0.15, -0.1) is 11.3 Å². The van der Waals surface area contributed by atoms with Crippen molar-refractivity contribution in [3.05, 3.63) is 127 Å². The van der Waals surface area contributed by atoms with Crippen molar-refractivity contribution < 1.29 is 19.5 Å². The van der Waals surface area contributed by atoms with E-state index in [1.807, 2.05) is 18.2 Å². The molecule has 0 radical (unpaired) electrons. The molecule has 1 N–H and O–H groups in total. The van der Waals surface area contributed by atoms with E-state index in [1.165, 1.54) is 0 Å². The fourth-order valence-electron chi connectivity index (χ4n) is 4.19. The minimum Gasteiger partial charge on any atom is -0.392 e. The van der Waals surface area contributed by atoms with Crippen LogP contribution in [0.3, 0.4) is 0 Å². The molecule has 5 rings (SSSR count). The van der Waals surface area contributed by atoms with Gasteiger partial charge in [0, 0.05) is 26.0 Å². The number of carbonyl (C=O) groups is 3. The molecular formula is C29H19Cl2NO4S. The Kier molecular flexibility index (Phi) is 7.09. The number of benzene rings is 3. The number of aliphatic hydroxyl groups excluding tert-OH is 1. The smallest absolute Gasteiger partial charge is 0.266 e. The summed E-state index contributed by atoms with van der Waals surface area (Å²) < 4.78 is 0. The second kappa shape index (κ2) is 10.4. The summed E-state index contributed by atoms with van der Waals surface area (Å²) in [6.45, 7) is -0.449. The van der Waals surface area contributed by atoms with Gasteiger partial charge < -0.3 is 5.11 Å². The highest BCUT2D eigenvalue weighted by Crippen LogP contribution is 2.42. The number of thiophene rings is 1. The van der Waals surface area contributed by atoms with Gasteiger partial charge >= 0.3 is 0 Å². The molecule has 0 saturated carbocycles. The predicted octanol–water partition coefficient (Wildman–Crippen LogP) is 6.83. The summed E-state index contributed by atoms with van der Waals surface area (Å²) >= 11 is 13.1. The fourth-order valence-corrected chi connectivity index (χ4v) is 5.68. The highest BCUT2D eigenvalue weighted by atomic mass is 35.5. The predicted molar refractivity (Wildman–Crippen MR) is 147 cm³/mol. The summed E-state index contributed by atoms with van der Waals surface area (Å²) in [7, 11) is 0. The summed E-state index contributed by atoms with van der Waals surface area (Å²) in [6.07, 6.45) is 4.28. The highest BCUT2D eigenvalue weighted by Gasteiger charge is 2.40. The van der Waals surface area contributed by atoms with E-state index in [2.05, 4.69) is 0 Å². The lowest BCUT2D eigenvalue weighted by Gasteiger charge is -2.14. The molecule has 8 heteroatoms. The molecule has 1 aromatic heterocycles. The van der Waals surface area contributed by atoms with Crippen molar-refractivity contribution in [3.8, 4) is 0 Å². The fraction of sp³-hybridized carbons (Fsp3) is 0.0690. The number of ketones is 1. The van der Waals surface area contributed by atoms with Gasteiger partial charge in [0.25, 0.3) is 11.8 Å². The Morgan fingerprint density at radius 3 is 2.00 bits per heavy atom. The summed E-state index contributed by atoms with van der Waals surface area (Å²) in [5, 5.41) is 11.6. The van der Waals surface area contributed by atoms with Crippen molar-refractivity contribution in [2.45, 2.75) is 13.0 Å². The maximum absolute atomic E-state index is 13.7. The number of nitrogens with zero attached hydrogens (tertiary/aromatic N) is 1. The van der Waals surface area contributed by atoms with Crippen molar-refractivity contribution in [2.24, 2.45) is 0 Å². The topological polar surface area (TPSA) is 74.7 Å². The average molecular weight is 548 g/mol. The molecule has 2 heterocycles. The number of hydrogen-bond donors (Lipinski definition) is 1. The number of fused-ring (bicyclic) bond motifs is 1. The van der Waals surface area contributed by atoms with Gasteiger partial charge in [0.15, 0.2) is 5.78 Å². The van der Waals surface area contributed by atoms with Gasteiger partial charge in [-0.25, -0.2) is 4.90 Å². The molecule has 0 spiro atoms. The van der Waals surface area contributed by atoms with Gasteiger partial charge in [0.05, 0.1) is 23.3 Å². The van der Waals surface area contributed by atoms with E-state index in [1.54, 1.807) is 66.7 Å². The lowest BCUT2D eigenvalue weighted by molar-refractivity contribution is 0.0927. The highest BCUT2D eigenvalue weighted by molar-refractivity contribution is 7.18. The number of rotatable bonds is 7. The lowest BCUT2D eigenvalue weighted by atomic mass is 9.99. The van der Waals surface area contributed by atoms with E-state index in [-0.39, 0.29) is 21.7 Å². The summed E-state index contributed by atoms with van der Waals surface area (Å²) in [4.78, 5) is 41.9. The maximum atomic E-state index is 13.7. The molecule has 0 aliphatic carbocycles. The third kappa shape index (κ3) is 4.77. The Hall–Kier alpha value is -3.55. The van der Waals surface area contributed by atoms with Crippen LogP contribution < -0.4 is 4.90 Å². The zero-order chi connectivity index (χ0) is 26.1. The molecule has 3 aromatic carbocycles. The molecule has 37 heavy (non-hydrogen) atoms. The summed E-state index contributed by atoms with van der Waals surface area (Å²) in [5.74, 6) is -1.43. The van der Waals surface area contributed by atoms with Gasteiger partial charge in [-0.3, -0.25) is 14.4 Å². The largest absolute Gasteiger partial charge is 0.392 e. The van der Waals surface area contributed by atoms with Crippen LogP contribution >= 0.6 is 34.5 Å². The van der Waals surface area contributed by atoms with E-state index in [4.69, 9.17) is 23.2 Å². The van der Waals surface area contributed by atoms with E-state index in [9.17, 15) is 19.5 Å². The number of amides is 2. The van der Waals surface area contributed by atoms with Crippen molar-refractivity contribution in [1.29, 1.82) is 0 Å². The van der Waals surface area contributed by atoms with Gasteiger partial charge in [0.1, 0.15) is 5.00 Å². The molecule has 0 bridgehead atoms. The first kappa shape index (κ1) is 25.1. The second-order valence-electron chi connectivity index (χ2n) is 8.34. The summed E-state index contributed by atoms with van der Waals surface area (Å²) in [6, 6.07) is 20.3. The molecular weight excluding hydrogens is 529 g/mol. The molecule has 0 unspecified atom stereocenters. The van der Waals surface area contributed by atoms with Crippen LogP contribution in [0, 0.1) is 0 Å². The standard InChI is InChI=1S/C29H19Cl2NO4S/c30-19-12-8-17(9-13-19)4-3-7-24-23(16-33)25(26(34)18-10-14-20(31)15-11-18)29(37-24)32-27(35)21-5-1-2-6-22(21)28(32)36/h1-3,5-15,33H,4,16H2/b7-3+. The molecule has 0 saturated heterocycles. The molecule has 2 amide bonds. The monoisotopic (exact) mass is 547 g/mol. The molecule has 5 nitrogen and oxygen atoms in total. The summed E-state index contributed by atoms with van der Waals surface area (Å²) in [5.41, 5.74) is 2.37. The quantitative estimate of drug-likeness (QED) is 0.203. The van der Waals surface area contributed by atoms with Crippen LogP contribution in [-0.2, 0) is 13.0 Å². The van der Waals surface area contributed by atoms with E-state index in [0.29, 0.717) is 32.5 Å². The van der Waals surface area contributed by atoms with Crippen LogP contribution in [0.5, 0.6) is 0 Å². The Morgan fingerprint density at radius 2 is 1.43 bits per heavy atom. The molecule has 1 aliphatic rings. The van der Waals surface area contributed by atoms with Crippen LogP contribution in [-0.4, -0.2) is 22.7 Å². The molecule has 4 aromatic rings. The van der Waals surface area contributed by atoms with Crippen molar-refractivity contribution in [2.75, 3.05) is 4.90 Å². The van der Waals surface area contributed by atoms with Crippen LogP contribution in [0.1, 0.15) is 52.6 Å². The SMILES string of the molecule is O=C(c1ccc(Cl)cc1)c1c(N2C(=O)c3ccccc3C2=O)sc(/C=C/Cc2ccc(Cl)cc2)c1CO. The van der Waals surface area contributed by atoms with Crippen LogP contribution in [0.2, 0.25) is 10.0 Å². The minimum absolute atomic E-state index is 0.121. The zero-order valence-corrected chi connectivity index (χ0v) is 21.6. The minimum atomic E-state index is -0.506. The Labute approximate surface area is 227 Å². The second-order valence-corrected chi connectivity index (χ2v) is 10.2. The maximum Gasteiger partial charge on any atom is 0.266 e. The first-order chi connectivity index (χ1) is 17.9. The average Bonchev–Trinajstić information content (AvgIpc) is 3.39. The van der Waals surface area contributed by atoms with E-state index >= 15 is 0 Å². The molecule has 1 aliphatic heterocycles. The van der Waals surface area contributed by atoms with E-state index in [0.717, 1.165) is 21.8 Å². The number of carbonyl (C=O) groups excluding carboxylic acids is 3. The first-order valence-corrected chi connectivity index (χ1v) is 12.9. The first-order valence-electron chi connectivity index (χ1n) is 11.3. The molecule has 184 valence electrons. The number of halogens is 2. The Balaban J connectivity index is 1.60. The molecule has 0 fully saturated rings. The number of aliphatic hydroxyl groups is 1. The lowest BCUT2D eigenvalue weighted by Crippen LogP contribution is -2.30. The van der Waals surface area contributed by atoms with Gasteiger partial charge in [-0.1, -0.05) is 53.5 Å². The Morgan fingerprint density at radius 1 is 0.865 bits per heavy atom. The number of hydrogen-bond acceptors (Lipinski definition) is 5.